The van der Waals surface area contributed by atoms with Crippen LogP contribution >= 0.6 is 0 Å². The van der Waals surface area contributed by atoms with Crippen molar-refractivity contribution >= 4 is 25.7 Å². The standard InChI is InChI=1S/C24H35NO5S2/c1-5-7-9-18-31(26,27)25(32(28,29)19-10-8-6-2)22-14-16-23(17-15-22)30-24-13-11-12-20(3)21(24)4/h11-17H,5-10,18-19H2,1-4H3. The molecule has 8 heteroatoms. The topological polar surface area (TPSA) is 80.8 Å². The Morgan fingerprint density at radius 3 is 1.78 bits per heavy atom. The zero-order valence-corrected chi connectivity index (χ0v) is 21.1. The van der Waals surface area contributed by atoms with Crippen molar-refractivity contribution in [3.05, 3.63) is 53.6 Å². The minimum absolute atomic E-state index is 0.117. The quantitative estimate of drug-likeness (QED) is 0.331. The molecule has 6 nitrogen and oxygen atoms in total. The van der Waals surface area contributed by atoms with Crippen LogP contribution in [0.5, 0.6) is 11.5 Å². The Morgan fingerprint density at radius 2 is 1.28 bits per heavy atom. The third-order valence-corrected chi connectivity index (χ3v) is 9.75. The average molecular weight is 482 g/mol. The number of unbranched alkanes of at least 4 members (excludes halogenated alkanes) is 4. The zero-order valence-electron chi connectivity index (χ0n) is 19.5. The normalized spacial score (nSPS) is 12.0. The highest BCUT2D eigenvalue weighted by molar-refractivity contribution is 8.10. The molecule has 0 aliphatic heterocycles. The zero-order chi connectivity index (χ0) is 23.8. The summed E-state index contributed by atoms with van der Waals surface area (Å²) in [5.74, 6) is 0.812. The second kappa shape index (κ2) is 11.7. The Hall–Kier alpha value is -2.06. The lowest BCUT2D eigenvalue weighted by molar-refractivity contribution is 0.478. The van der Waals surface area contributed by atoms with Crippen molar-refractivity contribution in [1.29, 1.82) is 0 Å². The molecular formula is C24H35NO5S2. The van der Waals surface area contributed by atoms with Crippen molar-refractivity contribution in [1.82, 2.24) is 0 Å². The third kappa shape index (κ3) is 6.97. The van der Waals surface area contributed by atoms with Crippen LogP contribution in [0, 0.1) is 13.8 Å². The van der Waals surface area contributed by atoms with E-state index in [1.54, 1.807) is 12.1 Å². The molecule has 0 radical (unpaired) electrons. The third-order valence-electron chi connectivity index (χ3n) is 5.35. The van der Waals surface area contributed by atoms with E-state index in [-0.39, 0.29) is 17.2 Å². The molecule has 0 amide bonds. The van der Waals surface area contributed by atoms with Crippen molar-refractivity contribution in [3.8, 4) is 11.5 Å². The number of nitrogens with zero attached hydrogens (tertiary/aromatic N) is 1. The number of anilines is 1. The highest BCUT2D eigenvalue weighted by atomic mass is 32.3. The number of hydrogen-bond acceptors (Lipinski definition) is 5. The summed E-state index contributed by atoms with van der Waals surface area (Å²) in [4.78, 5) is 0. The van der Waals surface area contributed by atoms with Crippen molar-refractivity contribution in [2.24, 2.45) is 0 Å². The van der Waals surface area contributed by atoms with Gasteiger partial charge in [0.2, 0.25) is 20.0 Å². The van der Waals surface area contributed by atoms with Crippen molar-refractivity contribution in [2.75, 3.05) is 15.2 Å². The Balaban J connectivity index is 2.35. The van der Waals surface area contributed by atoms with E-state index in [1.165, 1.54) is 12.1 Å². The minimum atomic E-state index is -4.02. The van der Waals surface area contributed by atoms with Gasteiger partial charge in [0.25, 0.3) is 0 Å². The molecule has 0 spiro atoms. The molecule has 2 aromatic carbocycles. The average Bonchev–Trinajstić information content (AvgIpc) is 2.72. The van der Waals surface area contributed by atoms with E-state index in [9.17, 15) is 16.8 Å². The lowest BCUT2D eigenvalue weighted by Gasteiger charge is -2.24. The van der Waals surface area contributed by atoms with Crippen LogP contribution < -0.4 is 8.45 Å². The van der Waals surface area contributed by atoms with Crippen molar-refractivity contribution < 1.29 is 21.6 Å². The van der Waals surface area contributed by atoms with Crippen molar-refractivity contribution in [3.63, 3.8) is 0 Å². The van der Waals surface area contributed by atoms with Crippen LogP contribution in [-0.4, -0.2) is 28.3 Å². The maximum absolute atomic E-state index is 13.1. The molecule has 0 saturated carbocycles. The number of sulfonamides is 2. The first-order chi connectivity index (χ1) is 15.1. The van der Waals surface area contributed by atoms with Gasteiger partial charge in [0.15, 0.2) is 0 Å². The summed E-state index contributed by atoms with van der Waals surface area (Å²) >= 11 is 0. The molecule has 0 bridgehead atoms. The van der Waals surface area contributed by atoms with E-state index in [2.05, 4.69) is 0 Å². The number of hydrogen-bond donors (Lipinski definition) is 0. The second-order valence-corrected chi connectivity index (χ2v) is 12.1. The number of benzene rings is 2. The van der Waals surface area contributed by atoms with Gasteiger partial charge in [0.05, 0.1) is 17.2 Å². The van der Waals surface area contributed by atoms with Gasteiger partial charge < -0.3 is 4.74 Å². The Morgan fingerprint density at radius 1 is 0.750 bits per heavy atom. The fourth-order valence-electron chi connectivity index (χ4n) is 3.33. The predicted octanol–water partition coefficient (Wildman–Crippen LogP) is 5.94. The first kappa shape index (κ1) is 26.2. The predicted molar refractivity (Wildman–Crippen MR) is 132 cm³/mol. The number of ether oxygens (including phenoxy) is 1. The monoisotopic (exact) mass is 481 g/mol. The van der Waals surface area contributed by atoms with Gasteiger partial charge in [-0.15, -0.1) is 0 Å². The fourth-order valence-corrected chi connectivity index (χ4v) is 7.51. The van der Waals surface area contributed by atoms with E-state index in [1.807, 2.05) is 45.9 Å². The Labute approximate surface area is 193 Å². The number of rotatable bonds is 13. The van der Waals surface area contributed by atoms with Gasteiger partial charge in [0, 0.05) is 0 Å². The summed E-state index contributed by atoms with van der Waals surface area (Å²) in [6.45, 7) is 7.91. The molecule has 0 fully saturated rings. The van der Waals surface area contributed by atoms with Gasteiger partial charge >= 0.3 is 0 Å². The molecule has 0 N–H and O–H groups in total. The van der Waals surface area contributed by atoms with Gasteiger partial charge in [-0.2, -0.15) is 3.71 Å². The Kier molecular flexibility index (Phi) is 9.58. The summed E-state index contributed by atoms with van der Waals surface area (Å²) in [6.07, 6.45) is 4.00. The van der Waals surface area contributed by atoms with Crippen LogP contribution in [0.15, 0.2) is 42.5 Å². The molecule has 0 aromatic heterocycles. The van der Waals surface area contributed by atoms with Crippen LogP contribution in [0.25, 0.3) is 0 Å². The van der Waals surface area contributed by atoms with E-state index in [0.29, 0.717) is 28.1 Å². The molecule has 0 saturated heterocycles. The largest absolute Gasteiger partial charge is 0.457 e. The van der Waals surface area contributed by atoms with Gasteiger partial charge in [0.1, 0.15) is 11.5 Å². The number of aryl methyl sites for hydroxylation is 1. The SMILES string of the molecule is CCCCCS(=O)(=O)N(c1ccc(Oc2cccc(C)c2C)cc1)S(=O)(=O)CCCCC. The summed E-state index contributed by atoms with van der Waals surface area (Å²) in [7, 11) is -8.04. The van der Waals surface area contributed by atoms with E-state index >= 15 is 0 Å². The maximum atomic E-state index is 13.1. The van der Waals surface area contributed by atoms with Gasteiger partial charge in [-0.05, 0) is 68.1 Å². The lowest BCUT2D eigenvalue weighted by atomic mass is 10.1. The molecule has 0 unspecified atom stereocenters. The smallest absolute Gasteiger partial charge is 0.248 e. The van der Waals surface area contributed by atoms with Gasteiger partial charge in [-0.25, -0.2) is 16.8 Å². The highest BCUT2D eigenvalue weighted by Crippen LogP contribution is 2.30. The summed E-state index contributed by atoms with van der Waals surface area (Å²) < 4.78 is 58.8. The van der Waals surface area contributed by atoms with Crippen molar-refractivity contribution in [2.45, 2.75) is 66.2 Å². The molecule has 32 heavy (non-hydrogen) atoms. The maximum Gasteiger partial charge on any atom is 0.248 e. The van der Waals surface area contributed by atoms with E-state index < -0.39 is 20.0 Å². The van der Waals surface area contributed by atoms with Crippen LogP contribution in [0.2, 0.25) is 0 Å². The molecule has 2 rings (SSSR count). The summed E-state index contributed by atoms with van der Waals surface area (Å²) in [5.41, 5.74) is 2.23. The Bertz CT molecular complexity index is 1040. The highest BCUT2D eigenvalue weighted by Gasteiger charge is 2.33. The second-order valence-electron chi connectivity index (χ2n) is 8.04. The summed E-state index contributed by atoms with van der Waals surface area (Å²) in [6, 6.07) is 12.0. The van der Waals surface area contributed by atoms with Crippen LogP contribution in [-0.2, 0) is 20.0 Å². The van der Waals surface area contributed by atoms with E-state index in [4.69, 9.17) is 4.74 Å². The fraction of sp³-hybridized carbons (Fsp3) is 0.500. The minimum Gasteiger partial charge on any atom is -0.457 e. The molecular weight excluding hydrogens is 446 g/mol. The van der Waals surface area contributed by atoms with Gasteiger partial charge in [-0.1, -0.05) is 51.7 Å². The molecule has 0 heterocycles. The lowest BCUT2D eigenvalue weighted by Crippen LogP contribution is -2.40. The van der Waals surface area contributed by atoms with Crippen LogP contribution in [0.4, 0.5) is 5.69 Å². The van der Waals surface area contributed by atoms with Crippen LogP contribution in [0.3, 0.4) is 0 Å². The summed E-state index contributed by atoms with van der Waals surface area (Å²) in [5, 5.41) is 0. The molecule has 178 valence electrons. The van der Waals surface area contributed by atoms with Gasteiger partial charge in [-0.3, -0.25) is 0 Å². The van der Waals surface area contributed by atoms with Crippen LogP contribution in [0.1, 0.15) is 63.5 Å². The molecule has 0 aliphatic carbocycles. The molecule has 0 atom stereocenters. The molecule has 0 aliphatic rings. The molecule has 2 aromatic rings. The van der Waals surface area contributed by atoms with E-state index in [0.717, 1.165) is 36.8 Å². The first-order valence-electron chi connectivity index (χ1n) is 11.2. The first-order valence-corrected chi connectivity index (χ1v) is 14.4.